The Labute approximate surface area is 176 Å². The fourth-order valence-electron chi connectivity index (χ4n) is 3.90. The highest BCUT2D eigenvalue weighted by Gasteiger charge is 2.28. The van der Waals surface area contributed by atoms with E-state index in [0.29, 0.717) is 16.9 Å². The lowest BCUT2D eigenvalue weighted by Gasteiger charge is -2.23. The summed E-state index contributed by atoms with van der Waals surface area (Å²) in [6.07, 6.45) is 4.74. The summed E-state index contributed by atoms with van der Waals surface area (Å²) in [5, 5.41) is 2.77. The van der Waals surface area contributed by atoms with Crippen molar-refractivity contribution in [2.45, 2.75) is 32.2 Å². The molecule has 1 N–H and O–H groups in total. The lowest BCUT2D eigenvalue weighted by molar-refractivity contribution is 0.102. The van der Waals surface area contributed by atoms with Crippen molar-refractivity contribution in [2.75, 3.05) is 18.4 Å². The minimum Gasteiger partial charge on any atom is -0.322 e. The van der Waals surface area contributed by atoms with Crippen LogP contribution in [-0.4, -0.2) is 33.9 Å². The van der Waals surface area contributed by atoms with Gasteiger partial charge in [-0.2, -0.15) is 0 Å². The van der Waals surface area contributed by atoms with E-state index in [1.54, 1.807) is 6.20 Å². The minimum atomic E-state index is -0.342. The number of anilines is 1. The Morgan fingerprint density at radius 3 is 2.67 bits per heavy atom. The standard InChI is InChI=1S/C24H25FN4O/c1-17-21(24(30)28-20-11-9-19(25)10-12-20)16-26-23(27-17)22-8-5-14-29(22)15-13-18-6-3-2-4-7-18/h2-4,6-7,9-12,16,22H,5,8,13-15H2,1H3,(H,28,30)/t22-/m0/s1. The molecule has 4 rings (SSSR count). The molecule has 3 aromatic rings. The summed E-state index contributed by atoms with van der Waals surface area (Å²) in [6, 6.07) is 16.3. The molecule has 2 heterocycles. The molecule has 30 heavy (non-hydrogen) atoms. The smallest absolute Gasteiger partial charge is 0.259 e. The van der Waals surface area contributed by atoms with Crippen molar-refractivity contribution in [3.8, 4) is 0 Å². The van der Waals surface area contributed by atoms with E-state index in [-0.39, 0.29) is 17.8 Å². The number of amides is 1. The van der Waals surface area contributed by atoms with E-state index < -0.39 is 0 Å². The summed E-state index contributed by atoms with van der Waals surface area (Å²) in [6.45, 7) is 3.82. The average Bonchev–Trinajstić information content (AvgIpc) is 3.23. The van der Waals surface area contributed by atoms with E-state index in [0.717, 1.165) is 38.2 Å². The molecule has 6 heteroatoms. The van der Waals surface area contributed by atoms with E-state index in [4.69, 9.17) is 0 Å². The number of nitrogens with zero attached hydrogens (tertiary/aromatic N) is 3. The second-order valence-corrected chi connectivity index (χ2v) is 7.62. The Bertz CT molecular complexity index is 1010. The van der Waals surface area contributed by atoms with Gasteiger partial charge in [0.1, 0.15) is 11.6 Å². The van der Waals surface area contributed by atoms with E-state index in [1.165, 1.54) is 29.8 Å². The first-order valence-electron chi connectivity index (χ1n) is 10.3. The number of rotatable bonds is 6. The Hall–Kier alpha value is -3.12. The number of carbonyl (C=O) groups is 1. The summed E-state index contributed by atoms with van der Waals surface area (Å²) in [5.74, 6) is 0.139. The van der Waals surface area contributed by atoms with Crippen LogP contribution in [0.5, 0.6) is 0 Å². The zero-order chi connectivity index (χ0) is 20.9. The molecule has 0 radical (unpaired) electrons. The maximum absolute atomic E-state index is 13.0. The molecule has 1 saturated heterocycles. The second-order valence-electron chi connectivity index (χ2n) is 7.62. The molecule has 0 unspecified atom stereocenters. The lowest BCUT2D eigenvalue weighted by Crippen LogP contribution is -2.27. The maximum atomic E-state index is 13.0. The number of benzene rings is 2. The number of aryl methyl sites for hydroxylation is 1. The van der Waals surface area contributed by atoms with Crippen molar-refractivity contribution < 1.29 is 9.18 Å². The Morgan fingerprint density at radius 2 is 1.93 bits per heavy atom. The summed E-state index contributed by atoms with van der Waals surface area (Å²) < 4.78 is 13.0. The zero-order valence-electron chi connectivity index (χ0n) is 17.0. The number of carbonyl (C=O) groups excluding carboxylic acids is 1. The van der Waals surface area contributed by atoms with Crippen LogP contribution in [0.3, 0.4) is 0 Å². The number of aromatic nitrogens is 2. The van der Waals surface area contributed by atoms with Crippen LogP contribution in [0, 0.1) is 12.7 Å². The largest absolute Gasteiger partial charge is 0.322 e. The van der Waals surface area contributed by atoms with Gasteiger partial charge in [-0.3, -0.25) is 9.69 Å². The Kier molecular flexibility index (Phi) is 6.14. The lowest BCUT2D eigenvalue weighted by atomic mass is 10.1. The fraction of sp³-hybridized carbons (Fsp3) is 0.292. The van der Waals surface area contributed by atoms with Crippen molar-refractivity contribution in [3.63, 3.8) is 0 Å². The average molecular weight is 404 g/mol. The number of nitrogens with one attached hydrogen (secondary N) is 1. The molecule has 1 aliphatic heterocycles. The highest BCUT2D eigenvalue weighted by molar-refractivity contribution is 6.04. The molecule has 154 valence electrons. The van der Waals surface area contributed by atoms with Crippen LogP contribution in [0.4, 0.5) is 10.1 Å². The monoisotopic (exact) mass is 404 g/mol. The van der Waals surface area contributed by atoms with Gasteiger partial charge < -0.3 is 5.32 Å². The summed E-state index contributed by atoms with van der Waals surface area (Å²) in [5.41, 5.74) is 2.94. The topological polar surface area (TPSA) is 58.1 Å². The highest BCUT2D eigenvalue weighted by atomic mass is 19.1. The van der Waals surface area contributed by atoms with Gasteiger partial charge in [0, 0.05) is 18.4 Å². The van der Waals surface area contributed by atoms with Gasteiger partial charge in [0.2, 0.25) is 0 Å². The number of halogens is 1. The molecule has 0 aliphatic carbocycles. The first-order valence-corrected chi connectivity index (χ1v) is 10.3. The second kappa shape index (κ2) is 9.13. The normalized spacial score (nSPS) is 16.5. The molecule has 0 spiro atoms. The molecule has 1 fully saturated rings. The van der Waals surface area contributed by atoms with Crippen LogP contribution < -0.4 is 5.32 Å². The van der Waals surface area contributed by atoms with Gasteiger partial charge in [-0.05, 0) is 62.6 Å². The van der Waals surface area contributed by atoms with Crippen LogP contribution in [-0.2, 0) is 6.42 Å². The Morgan fingerprint density at radius 1 is 1.17 bits per heavy atom. The molecular weight excluding hydrogens is 379 g/mol. The van der Waals surface area contributed by atoms with E-state index in [9.17, 15) is 9.18 Å². The van der Waals surface area contributed by atoms with Gasteiger partial charge in [-0.25, -0.2) is 14.4 Å². The van der Waals surface area contributed by atoms with Crippen LogP contribution in [0.25, 0.3) is 0 Å². The predicted molar refractivity (Wildman–Crippen MR) is 115 cm³/mol. The molecule has 0 bridgehead atoms. The third-order valence-electron chi connectivity index (χ3n) is 5.54. The summed E-state index contributed by atoms with van der Waals surface area (Å²) in [7, 11) is 0. The maximum Gasteiger partial charge on any atom is 0.259 e. The van der Waals surface area contributed by atoms with Crippen molar-refractivity contribution >= 4 is 11.6 Å². The molecule has 1 aliphatic rings. The molecule has 1 amide bonds. The third-order valence-corrected chi connectivity index (χ3v) is 5.54. The summed E-state index contributed by atoms with van der Waals surface area (Å²) >= 11 is 0. The van der Waals surface area contributed by atoms with Crippen molar-refractivity contribution in [1.29, 1.82) is 0 Å². The van der Waals surface area contributed by atoms with Gasteiger partial charge in [0.05, 0.1) is 17.3 Å². The van der Waals surface area contributed by atoms with Crippen molar-refractivity contribution in [3.05, 3.63) is 89.3 Å². The van der Waals surface area contributed by atoms with Gasteiger partial charge in [-0.15, -0.1) is 0 Å². The van der Waals surface area contributed by atoms with Crippen LogP contribution in [0.15, 0.2) is 60.8 Å². The van der Waals surface area contributed by atoms with Gasteiger partial charge >= 0.3 is 0 Å². The minimum absolute atomic E-state index is 0.182. The van der Waals surface area contributed by atoms with Crippen LogP contribution in [0.2, 0.25) is 0 Å². The molecule has 0 saturated carbocycles. The van der Waals surface area contributed by atoms with Gasteiger partial charge in [0.15, 0.2) is 0 Å². The SMILES string of the molecule is Cc1nc([C@@H]2CCCN2CCc2ccccc2)ncc1C(=O)Nc1ccc(F)cc1. The predicted octanol–water partition coefficient (Wildman–Crippen LogP) is 4.56. The van der Waals surface area contributed by atoms with E-state index in [2.05, 4.69) is 44.5 Å². The number of likely N-dealkylation sites (tertiary alicyclic amines) is 1. The zero-order valence-corrected chi connectivity index (χ0v) is 17.0. The number of hydrogen-bond donors (Lipinski definition) is 1. The fourth-order valence-corrected chi connectivity index (χ4v) is 3.90. The molecule has 1 atom stereocenters. The van der Waals surface area contributed by atoms with Crippen LogP contribution >= 0.6 is 0 Å². The molecule has 2 aromatic carbocycles. The van der Waals surface area contributed by atoms with Gasteiger partial charge in [-0.1, -0.05) is 30.3 Å². The number of hydrogen-bond acceptors (Lipinski definition) is 4. The van der Waals surface area contributed by atoms with Crippen LogP contribution in [0.1, 0.15) is 46.3 Å². The first kappa shape index (κ1) is 20.2. The first-order chi connectivity index (χ1) is 14.6. The Balaban J connectivity index is 1.43. The molecule has 1 aromatic heterocycles. The van der Waals surface area contributed by atoms with E-state index in [1.807, 2.05) is 13.0 Å². The highest BCUT2D eigenvalue weighted by Crippen LogP contribution is 2.30. The van der Waals surface area contributed by atoms with Gasteiger partial charge in [0.25, 0.3) is 5.91 Å². The van der Waals surface area contributed by atoms with Crippen molar-refractivity contribution in [2.24, 2.45) is 0 Å². The van der Waals surface area contributed by atoms with E-state index >= 15 is 0 Å². The van der Waals surface area contributed by atoms with Crippen molar-refractivity contribution in [1.82, 2.24) is 14.9 Å². The molecule has 5 nitrogen and oxygen atoms in total. The quantitative estimate of drug-likeness (QED) is 0.655. The molecular formula is C24H25FN4O. The summed E-state index contributed by atoms with van der Waals surface area (Å²) in [4.78, 5) is 24.2. The third kappa shape index (κ3) is 4.71.